The molecule has 2 amide bonds. The van der Waals surface area contributed by atoms with Gasteiger partial charge in [0.1, 0.15) is 6.04 Å². The van der Waals surface area contributed by atoms with Crippen molar-refractivity contribution in [2.75, 3.05) is 0 Å². The highest BCUT2D eigenvalue weighted by molar-refractivity contribution is 5.87. The third-order valence-electron chi connectivity index (χ3n) is 2.50. The lowest BCUT2D eigenvalue weighted by Gasteiger charge is -2.17. The SMILES string of the molecule is CCCCC(N)C(=O)N[C@@H](CCC(N)=O)C(=O)O. The number of aliphatic carboxylic acids is 1. The Labute approximate surface area is 106 Å². The van der Waals surface area contributed by atoms with Crippen LogP contribution in [0.5, 0.6) is 0 Å². The van der Waals surface area contributed by atoms with Gasteiger partial charge in [-0.3, -0.25) is 9.59 Å². The molecule has 0 saturated heterocycles. The number of amides is 2. The molecule has 0 aromatic heterocycles. The largest absolute Gasteiger partial charge is 0.480 e. The summed E-state index contributed by atoms with van der Waals surface area (Å²) in [7, 11) is 0. The van der Waals surface area contributed by atoms with Crippen molar-refractivity contribution >= 4 is 17.8 Å². The molecule has 1 unspecified atom stereocenters. The molecule has 7 heteroatoms. The summed E-state index contributed by atoms with van der Waals surface area (Å²) in [5.74, 6) is -2.32. The minimum Gasteiger partial charge on any atom is -0.480 e. The van der Waals surface area contributed by atoms with E-state index < -0.39 is 29.9 Å². The Morgan fingerprint density at radius 1 is 1.28 bits per heavy atom. The van der Waals surface area contributed by atoms with Crippen LogP contribution in [-0.2, 0) is 14.4 Å². The number of carboxylic acids is 1. The van der Waals surface area contributed by atoms with E-state index in [9.17, 15) is 14.4 Å². The Morgan fingerprint density at radius 2 is 1.89 bits per heavy atom. The highest BCUT2D eigenvalue weighted by Gasteiger charge is 2.23. The lowest BCUT2D eigenvalue weighted by Crippen LogP contribution is -2.48. The van der Waals surface area contributed by atoms with Crippen molar-refractivity contribution in [3.63, 3.8) is 0 Å². The third-order valence-corrected chi connectivity index (χ3v) is 2.50. The molecule has 0 heterocycles. The third kappa shape index (κ3) is 6.85. The van der Waals surface area contributed by atoms with E-state index in [-0.39, 0.29) is 12.8 Å². The fourth-order valence-electron chi connectivity index (χ4n) is 1.38. The first-order valence-electron chi connectivity index (χ1n) is 5.95. The van der Waals surface area contributed by atoms with Crippen molar-refractivity contribution in [2.24, 2.45) is 11.5 Å². The van der Waals surface area contributed by atoms with Crippen molar-refractivity contribution in [2.45, 2.75) is 51.1 Å². The number of hydrogen-bond acceptors (Lipinski definition) is 4. The Hall–Kier alpha value is -1.63. The molecule has 0 aromatic rings. The Morgan fingerprint density at radius 3 is 2.33 bits per heavy atom. The zero-order chi connectivity index (χ0) is 14.1. The molecule has 0 spiro atoms. The van der Waals surface area contributed by atoms with Gasteiger partial charge >= 0.3 is 5.97 Å². The van der Waals surface area contributed by atoms with Gasteiger partial charge in [-0.05, 0) is 12.8 Å². The van der Waals surface area contributed by atoms with Crippen molar-refractivity contribution in [1.82, 2.24) is 5.32 Å². The Bertz CT molecular complexity index is 307. The van der Waals surface area contributed by atoms with E-state index in [4.69, 9.17) is 16.6 Å². The van der Waals surface area contributed by atoms with Crippen LogP contribution in [-0.4, -0.2) is 35.0 Å². The summed E-state index contributed by atoms with van der Waals surface area (Å²) >= 11 is 0. The molecule has 0 aromatic carbocycles. The zero-order valence-corrected chi connectivity index (χ0v) is 10.5. The number of rotatable bonds is 9. The van der Waals surface area contributed by atoms with E-state index >= 15 is 0 Å². The maximum absolute atomic E-state index is 11.6. The number of hydrogen-bond donors (Lipinski definition) is 4. The molecule has 104 valence electrons. The minimum absolute atomic E-state index is 0.0308. The quantitative estimate of drug-likeness (QED) is 0.436. The highest BCUT2D eigenvalue weighted by atomic mass is 16.4. The Balaban J connectivity index is 4.26. The summed E-state index contributed by atoms with van der Waals surface area (Å²) < 4.78 is 0. The van der Waals surface area contributed by atoms with Gasteiger partial charge in [-0.1, -0.05) is 19.8 Å². The summed E-state index contributed by atoms with van der Waals surface area (Å²) in [6, 6.07) is -1.85. The van der Waals surface area contributed by atoms with E-state index in [1.54, 1.807) is 0 Å². The fourth-order valence-corrected chi connectivity index (χ4v) is 1.38. The van der Waals surface area contributed by atoms with Crippen molar-refractivity contribution in [3.8, 4) is 0 Å². The molecular formula is C11H21N3O4. The fraction of sp³-hybridized carbons (Fsp3) is 0.727. The van der Waals surface area contributed by atoms with Gasteiger partial charge in [-0.25, -0.2) is 4.79 Å². The van der Waals surface area contributed by atoms with Gasteiger partial charge in [-0.15, -0.1) is 0 Å². The molecule has 0 aliphatic carbocycles. The van der Waals surface area contributed by atoms with Gasteiger partial charge in [-0.2, -0.15) is 0 Å². The summed E-state index contributed by atoms with van der Waals surface area (Å²) in [5, 5.41) is 11.2. The van der Waals surface area contributed by atoms with Crippen LogP contribution < -0.4 is 16.8 Å². The van der Waals surface area contributed by atoms with Gasteiger partial charge in [0.25, 0.3) is 0 Å². The number of nitrogens with two attached hydrogens (primary N) is 2. The molecule has 7 nitrogen and oxygen atoms in total. The van der Waals surface area contributed by atoms with E-state index in [1.807, 2.05) is 6.92 Å². The molecule has 0 bridgehead atoms. The van der Waals surface area contributed by atoms with Gasteiger partial charge in [0.05, 0.1) is 6.04 Å². The minimum atomic E-state index is -1.20. The molecular weight excluding hydrogens is 238 g/mol. The molecule has 0 aliphatic rings. The van der Waals surface area contributed by atoms with Gasteiger partial charge in [0, 0.05) is 6.42 Å². The first-order valence-corrected chi connectivity index (χ1v) is 5.95. The lowest BCUT2D eigenvalue weighted by molar-refractivity contribution is -0.142. The molecule has 0 aliphatic heterocycles. The molecule has 18 heavy (non-hydrogen) atoms. The maximum atomic E-state index is 11.6. The second kappa shape index (κ2) is 8.46. The predicted molar refractivity (Wildman–Crippen MR) is 65.5 cm³/mol. The molecule has 0 saturated carbocycles. The summed E-state index contributed by atoms with van der Waals surface area (Å²) in [6.45, 7) is 1.97. The second-order valence-corrected chi connectivity index (χ2v) is 4.15. The Kier molecular flexibility index (Phi) is 7.69. The first kappa shape index (κ1) is 16.4. The van der Waals surface area contributed by atoms with Crippen LogP contribution in [0.15, 0.2) is 0 Å². The van der Waals surface area contributed by atoms with Gasteiger partial charge in [0.2, 0.25) is 11.8 Å². The normalized spacial score (nSPS) is 13.7. The van der Waals surface area contributed by atoms with Crippen LogP contribution in [0, 0.1) is 0 Å². The topological polar surface area (TPSA) is 136 Å². The summed E-state index contributed by atoms with van der Waals surface area (Å²) in [6.07, 6.45) is 2.08. The average Bonchev–Trinajstić information content (AvgIpc) is 2.30. The van der Waals surface area contributed by atoms with Gasteiger partial charge in [0.15, 0.2) is 0 Å². The maximum Gasteiger partial charge on any atom is 0.326 e. The molecule has 0 fully saturated rings. The first-order chi connectivity index (χ1) is 8.38. The van der Waals surface area contributed by atoms with E-state index in [2.05, 4.69) is 5.32 Å². The zero-order valence-electron chi connectivity index (χ0n) is 10.5. The van der Waals surface area contributed by atoms with Crippen LogP contribution in [0.25, 0.3) is 0 Å². The molecule has 2 atom stereocenters. The summed E-state index contributed by atoms with van der Waals surface area (Å²) in [4.78, 5) is 33.0. The molecule has 0 radical (unpaired) electrons. The predicted octanol–water partition coefficient (Wildman–Crippen LogP) is -0.661. The van der Waals surface area contributed by atoms with E-state index in [0.717, 1.165) is 12.8 Å². The summed E-state index contributed by atoms with van der Waals surface area (Å²) in [5.41, 5.74) is 10.5. The lowest BCUT2D eigenvalue weighted by atomic mass is 10.1. The van der Waals surface area contributed by atoms with Gasteiger partial charge < -0.3 is 21.9 Å². The molecule has 0 rings (SSSR count). The monoisotopic (exact) mass is 259 g/mol. The number of carbonyl (C=O) groups excluding carboxylic acids is 2. The van der Waals surface area contributed by atoms with E-state index in [0.29, 0.717) is 6.42 Å². The van der Waals surface area contributed by atoms with Crippen LogP contribution in [0.4, 0.5) is 0 Å². The van der Waals surface area contributed by atoms with Crippen LogP contribution in [0.1, 0.15) is 39.0 Å². The van der Waals surface area contributed by atoms with E-state index in [1.165, 1.54) is 0 Å². The van der Waals surface area contributed by atoms with Crippen molar-refractivity contribution in [3.05, 3.63) is 0 Å². The van der Waals surface area contributed by atoms with Crippen molar-refractivity contribution < 1.29 is 19.5 Å². The van der Waals surface area contributed by atoms with Crippen LogP contribution >= 0.6 is 0 Å². The number of unbranched alkanes of at least 4 members (excludes halogenated alkanes) is 1. The smallest absolute Gasteiger partial charge is 0.326 e. The number of carbonyl (C=O) groups is 3. The second-order valence-electron chi connectivity index (χ2n) is 4.15. The standard InChI is InChI=1S/C11H21N3O4/c1-2-3-4-7(12)10(16)14-8(11(17)18)5-6-9(13)15/h7-8H,2-6,12H2,1H3,(H2,13,15)(H,14,16)(H,17,18)/t7?,8-/m0/s1. The number of carboxylic acid groups (broad SMARTS) is 1. The van der Waals surface area contributed by atoms with Crippen LogP contribution in [0.2, 0.25) is 0 Å². The average molecular weight is 259 g/mol. The number of nitrogens with one attached hydrogen (secondary N) is 1. The number of primary amides is 1. The molecule has 6 N–H and O–H groups in total. The highest BCUT2D eigenvalue weighted by Crippen LogP contribution is 2.01. The van der Waals surface area contributed by atoms with Crippen molar-refractivity contribution in [1.29, 1.82) is 0 Å². The van der Waals surface area contributed by atoms with Crippen LogP contribution in [0.3, 0.4) is 0 Å².